The normalized spacial score (nSPS) is 13.9. The summed E-state index contributed by atoms with van der Waals surface area (Å²) in [6.45, 7) is 3.04. The zero-order valence-electron chi connectivity index (χ0n) is 12.0. The Hall–Kier alpha value is -1.07. The van der Waals surface area contributed by atoms with E-state index in [4.69, 9.17) is 26.8 Å². The molecule has 0 spiro atoms. The van der Waals surface area contributed by atoms with Crippen LogP contribution >= 0.6 is 22.9 Å². The van der Waals surface area contributed by atoms with Crippen LogP contribution in [-0.4, -0.2) is 19.3 Å². The predicted molar refractivity (Wildman–Crippen MR) is 88.2 cm³/mol. The van der Waals surface area contributed by atoms with Crippen molar-refractivity contribution in [3.63, 3.8) is 0 Å². The highest BCUT2D eigenvalue weighted by molar-refractivity contribution is 7.16. The molecular formula is C16H20ClNO2S. The minimum absolute atomic E-state index is 0.0450. The van der Waals surface area contributed by atoms with Gasteiger partial charge in [-0.15, -0.1) is 11.3 Å². The van der Waals surface area contributed by atoms with Gasteiger partial charge in [-0.25, -0.2) is 0 Å². The van der Waals surface area contributed by atoms with E-state index in [0.29, 0.717) is 13.2 Å². The topological polar surface area (TPSA) is 44.5 Å². The number of rotatable bonds is 8. The molecule has 0 amide bonds. The van der Waals surface area contributed by atoms with E-state index in [9.17, 15) is 0 Å². The molecule has 0 aliphatic heterocycles. The van der Waals surface area contributed by atoms with E-state index in [1.54, 1.807) is 0 Å². The third-order valence-electron chi connectivity index (χ3n) is 3.13. The molecule has 0 aliphatic carbocycles. The summed E-state index contributed by atoms with van der Waals surface area (Å²) in [5.74, 6) is 0.844. The highest BCUT2D eigenvalue weighted by Gasteiger charge is 2.21. The Kier molecular flexibility index (Phi) is 6.51. The van der Waals surface area contributed by atoms with E-state index in [0.717, 1.165) is 21.4 Å². The number of nitrogens with two attached hydrogens (primary N) is 1. The van der Waals surface area contributed by atoms with Gasteiger partial charge in [-0.05, 0) is 30.7 Å². The molecule has 0 aliphatic rings. The lowest BCUT2D eigenvalue weighted by molar-refractivity contribution is 0.0188. The molecule has 2 unspecified atom stereocenters. The summed E-state index contributed by atoms with van der Waals surface area (Å²) in [7, 11) is 0. The van der Waals surface area contributed by atoms with Gasteiger partial charge in [0.15, 0.2) is 0 Å². The number of thiophene rings is 1. The van der Waals surface area contributed by atoms with Crippen LogP contribution in [0.3, 0.4) is 0 Å². The van der Waals surface area contributed by atoms with E-state index in [2.05, 4.69) is 6.92 Å². The Balaban J connectivity index is 1.85. The minimum Gasteiger partial charge on any atom is -0.491 e. The maximum atomic E-state index is 6.15. The van der Waals surface area contributed by atoms with Crippen molar-refractivity contribution in [2.24, 2.45) is 5.73 Å². The largest absolute Gasteiger partial charge is 0.491 e. The van der Waals surface area contributed by atoms with E-state index in [1.165, 1.54) is 11.3 Å². The van der Waals surface area contributed by atoms with Crippen molar-refractivity contribution in [3.8, 4) is 5.75 Å². The van der Waals surface area contributed by atoms with Crippen molar-refractivity contribution in [3.05, 3.63) is 51.7 Å². The van der Waals surface area contributed by atoms with Crippen molar-refractivity contribution < 1.29 is 9.47 Å². The van der Waals surface area contributed by atoms with Crippen LogP contribution in [0.15, 0.2) is 42.5 Å². The standard InChI is InChI=1S/C16H20ClNO2S/c1-2-13(18)16(14-8-9-15(17)21-14)20-11-10-19-12-6-4-3-5-7-12/h3-9,13,16H,2,10-11,18H2,1H3. The Morgan fingerprint density at radius 1 is 1.14 bits per heavy atom. The lowest BCUT2D eigenvalue weighted by Gasteiger charge is -2.22. The summed E-state index contributed by atoms with van der Waals surface area (Å²) in [4.78, 5) is 1.06. The first kappa shape index (κ1) is 16.3. The molecule has 1 aromatic heterocycles. The second-order valence-electron chi connectivity index (χ2n) is 4.67. The third-order valence-corrected chi connectivity index (χ3v) is 4.42. The fourth-order valence-electron chi connectivity index (χ4n) is 1.96. The fourth-order valence-corrected chi connectivity index (χ4v) is 3.15. The molecule has 3 nitrogen and oxygen atoms in total. The summed E-state index contributed by atoms with van der Waals surface area (Å²) >= 11 is 7.50. The predicted octanol–water partition coefficient (Wildman–Crippen LogP) is 4.28. The SMILES string of the molecule is CCC(N)C(OCCOc1ccccc1)c1ccc(Cl)s1. The van der Waals surface area contributed by atoms with Crippen molar-refractivity contribution >= 4 is 22.9 Å². The molecule has 21 heavy (non-hydrogen) atoms. The zero-order chi connectivity index (χ0) is 15.1. The quantitative estimate of drug-likeness (QED) is 0.737. The summed E-state index contributed by atoms with van der Waals surface area (Å²) in [6, 6.07) is 13.5. The highest BCUT2D eigenvalue weighted by atomic mass is 35.5. The number of hydrogen-bond donors (Lipinski definition) is 1. The summed E-state index contributed by atoms with van der Waals surface area (Å²) < 4.78 is 12.3. The monoisotopic (exact) mass is 325 g/mol. The van der Waals surface area contributed by atoms with Crippen molar-refractivity contribution in [1.29, 1.82) is 0 Å². The number of benzene rings is 1. The van der Waals surface area contributed by atoms with Crippen LogP contribution in [0.25, 0.3) is 0 Å². The Morgan fingerprint density at radius 2 is 1.90 bits per heavy atom. The molecule has 0 saturated heterocycles. The fraction of sp³-hybridized carbons (Fsp3) is 0.375. The number of ether oxygens (including phenoxy) is 2. The van der Waals surface area contributed by atoms with Crippen LogP contribution in [-0.2, 0) is 4.74 Å². The molecule has 114 valence electrons. The second kappa shape index (κ2) is 8.39. The Labute approximate surface area is 134 Å². The number of para-hydroxylation sites is 1. The molecule has 0 saturated carbocycles. The number of hydrogen-bond acceptors (Lipinski definition) is 4. The van der Waals surface area contributed by atoms with Gasteiger partial charge in [0.05, 0.1) is 10.9 Å². The molecule has 5 heteroatoms. The maximum absolute atomic E-state index is 6.15. The molecular weight excluding hydrogens is 306 g/mol. The molecule has 2 rings (SSSR count). The van der Waals surface area contributed by atoms with E-state index in [-0.39, 0.29) is 12.1 Å². The van der Waals surface area contributed by atoms with Gasteiger partial charge in [0, 0.05) is 10.9 Å². The van der Waals surface area contributed by atoms with Crippen LogP contribution in [0.4, 0.5) is 0 Å². The van der Waals surface area contributed by atoms with Gasteiger partial charge >= 0.3 is 0 Å². The summed E-state index contributed by atoms with van der Waals surface area (Å²) in [6.07, 6.45) is 0.714. The second-order valence-corrected chi connectivity index (χ2v) is 6.41. The Morgan fingerprint density at radius 3 is 2.52 bits per heavy atom. The number of halogens is 1. The van der Waals surface area contributed by atoms with Gasteiger partial charge in [-0.1, -0.05) is 36.7 Å². The van der Waals surface area contributed by atoms with Gasteiger partial charge in [0.25, 0.3) is 0 Å². The lowest BCUT2D eigenvalue weighted by Crippen LogP contribution is -2.30. The molecule has 0 bridgehead atoms. The van der Waals surface area contributed by atoms with Gasteiger partial charge in [-0.3, -0.25) is 0 Å². The molecule has 1 aromatic carbocycles. The van der Waals surface area contributed by atoms with Crippen LogP contribution in [0.5, 0.6) is 5.75 Å². The van der Waals surface area contributed by atoms with Crippen molar-refractivity contribution in [2.75, 3.05) is 13.2 Å². The maximum Gasteiger partial charge on any atom is 0.119 e. The molecule has 0 fully saturated rings. The average molecular weight is 326 g/mol. The summed E-state index contributed by atoms with van der Waals surface area (Å²) in [5.41, 5.74) is 6.15. The first-order valence-electron chi connectivity index (χ1n) is 7.01. The lowest BCUT2D eigenvalue weighted by atomic mass is 10.1. The zero-order valence-corrected chi connectivity index (χ0v) is 13.6. The van der Waals surface area contributed by atoms with E-state index < -0.39 is 0 Å². The van der Waals surface area contributed by atoms with Crippen LogP contribution < -0.4 is 10.5 Å². The van der Waals surface area contributed by atoms with Gasteiger partial charge in [0.1, 0.15) is 18.5 Å². The van der Waals surface area contributed by atoms with Crippen LogP contribution in [0.2, 0.25) is 4.34 Å². The van der Waals surface area contributed by atoms with Gasteiger partial charge in [-0.2, -0.15) is 0 Å². The average Bonchev–Trinajstić information content (AvgIpc) is 2.94. The molecule has 2 aromatic rings. The van der Waals surface area contributed by atoms with E-state index in [1.807, 2.05) is 42.5 Å². The first-order valence-corrected chi connectivity index (χ1v) is 8.20. The van der Waals surface area contributed by atoms with Gasteiger partial charge in [0.2, 0.25) is 0 Å². The molecule has 0 radical (unpaired) electrons. The first-order chi connectivity index (χ1) is 10.2. The van der Waals surface area contributed by atoms with Crippen LogP contribution in [0, 0.1) is 0 Å². The van der Waals surface area contributed by atoms with Crippen molar-refractivity contribution in [2.45, 2.75) is 25.5 Å². The van der Waals surface area contributed by atoms with Crippen molar-refractivity contribution in [1.82, 2.24) is 0 Å². The highest BCUT2D eigenvalue weighted by Crippen LogP contribution is 2.31. The molecule has 1 heterocycles. The molecule has 2 atom stereocenters. The van der Waals surface area contributed by atoms with Gasteiger partial charge < -0.3 is 15.2 Å². The Bertz CT molecular complexity index is 532. The van der Waals surface area contributed by atoms with Crippen LogP contribution in [0.1, 0.15) is 24.3 Å². The molecule has 2 N–H and O–H groups in total. The minimum atomic E-state index is -0.133. The third kappa shape index (κ3) is 5.00. The smallest absolute Gasteiger partial charge is 0.119 e. The summed E-state index contributed by atoms with van der Waals surface area (Å²) in [5, 5.41) is 0. The van der Waals surface area contributed by atoms with E-state index >= 15 is 0 Å².